The highest BCUT2D eigenvalue weighted by Crippen LogP contribution is 2.28. The third-order valence-corrected chi connectivity index (χ3v) is 3.79. The molecule has 0 fully saturated rings. The van der Waals surface area contributed by atoms with Crippen molar-refractivity contribution in [3.8, 4) is 11.3 Å². The molecule has 2 aromatic carbocycles. The minimum absolute atomic E-state index is 0.380. The summed E-state index contributed by atoms with van der Waals surface area (Å²) in [4.78, 5) is 16.4. The Morgan fingerprint density at radius 3 is 2.29 bits per heavy atom. The molecule has 0 saturated carbocycles. The zero-order valence-corrected chi connectivity index (χ0v) is 13.4. The Kier molecular flexibility index (Phi) is 4.52. The Balaban J connectivity index is 2.12. The van der Waals surface area contributed by atoms with Gasteiger partial charge in [0.1, 0.15) is 0 Å². The molecule has 0 aliphatic heterocycles. The van der Waals surface area contributed by atoms with E-state index in [0.29, 0.717) is 5.56 Å². The minimum atomic E-state index is -0.380. The van der Waals surface area contributed by atoms with Crippen molar-refractivity contribution in [2.45, 2.75) is 0 Å². The van der Waals surface area contributed by atoms with Gasteiger partial charge in [0.15, 0.2) is 0 Å². The van der Waals surface area contributed by atoms with E-state index in [1.165, 1.54) is 7.11 Å². The summed E-state index contributed by atoms with van der Waals surface area (Å²) >= 11 is 0. The molecule has 0 saturated heterocycles. The van der Waals surface area contributed by atoms with Gasteiger partial charge in [-0.25, -0.2) is 4.79 Å². The summed E-state index contributed by atoms with van der Waals surface area (Å²) in [5.41, 5.74) is 4.85. The molecule has 1 aromatic heterocycles. The second-order valence-electron chi connectivity index (χ2n) is 5.35. The molecule has 0 atom stereocenters. The van der Waals surface area contributed by atoms with Crippen molar-refractivity contribution < 1.29 is 9.53 Å². The summed E-state index contributed by atoms with van der Waals surface area (Å²) in [6.45, 7) is 4.18. The predicted molar refractivity (Wildman–Crippen MR) is 95.6 cm³/mol. The quantitative estimate of drug-likeness (QED) is 0.661. The maximum atomic E-state index is 12.0. The molecule has 24 heavy (non-hydrogen) atoms. The number of aromatic nitrogens is 1. The molecule has 118 valence electrons. The second-order valence-corrected chi connectivity index (χ2v) is 5.35. The first-order chi connectivity index (χ1) is 11.7. The second kappa shape index (κ2) is 6.92. The lowest BCUT2D eigenvalue weighted by Gasteiger charge is -2.11. The van der Waals surface area contributed by atoms with Crippen molar-refractivity contribution in [3.63, 3.8) is 0 Å². The number of pyridine rings is 1. The number of nitrogens with zero attached hydrogens (tertiary/aromatic N) is 1. The van der Waals surface area contributed by atoms with E-state index in [1.807, 2.05) is 54.6 Å². The third-order valence-electron chi connectivity index (χ3n) is 3.79. The van der Waals surface area contributed by atoms with Gasteiger partial charge in [0.2, 0.25) is 0 Å². The molecular weight excluding hydrogens is 298 g/mol. The average Bonchev–Trinajstić information content (AvgIpc) is 2.67. The lowest BCUT2D eigenvalue weighted by Crippen LogP contribution is -2.03. The van der Waals surface area contributed by atoms with E-state index < -0.39 is 0 Å². The maximum absolute atomic E-state index is 12.0. The van der Waals surface area contributed by atoms with Crippen LogP contribution in [-0.4, -0.2) is 18.1 Å². The number of benzene rings is 2. The van der Waals surface area contributed by atoms with Gasteiger partial charge in [-0.3, -0.25) is 4.98 Å². The Bertz CT molecular complexity index is 871. The van der Waals surface area contributed by atoms with Gasteiger partial charge in [0.25, 0.3) is 0 Å². The normalized spacial score (nSPS) is 10.2. The lowest BCUT2D eigenvalue weighted by molar-refractivity contribution is 0.0600. The van der Waals surface area contributed by atoms with Crippen LogP contribution in [0.15, 0.2) is 79.5 Å². The van der Waals surface area contributed by atoms with Crippen LogP contribution < -0.4 is 0 Å². The molecule has 0 amide bonds. The van der Waals surface area contributed by atoms with E-state index >= 15 is 0 Å². The molecule has 0 aliphatic carbocycles. The summed E-state index contributed by atoms with van der Waals surface area (Å²) in [5.74, 6) is -0.380. The molecule has 3 rings (SSSR count). The summed E-state index contributed by atoms with van der Waals surface area (Å²) in [5, 5.41) is 0. The summed E-state index contributed by atoms with van der Waals surface area (Å²) in [6.07, 6.45) is 1.73. The van der Waals surface area contributed by atoms with Gasteiger partial charge in [-0.05, 0) is 47.0 Å². The van der Waals surface area contributed by atoms with Crippen LogP contribution in [0.3, 0.4) is 0 Å². The van der Waals surface area contributed by atoms with Gasteiger partial charge in [-0.2, -0.15) is 0 Å². The Hall–Kier alpha value is -3.20. The van der Waals surface area contributed by atoms with Crippen LogP contribution in [0.5, 0.6) is 0 Å². The number of hydrogen-bond acceptors (Lipinski definition) is 3. The van der Waals surface area contributed by atoms with Crippen LogP contribution in [0.2, 0.25) is 0 Å². The monoisotopic (exact) mass is 315 g/mol. The first-order valence-corrected chi connectivity index (χ1v) is 7.58. The van der Waals surface area contributed by atoms with Crippen molar-refractivity contribution in [3.05, 3.63) is 96.2 Å². The van der Waals surface area contributed by atoms with Crippen LogP contribution in [0.25, 0.3) is 16.8 Å². The highest BCUT2D eigenvalue weighted by molar-refractivity contribution is 5.93. The number of carbonyl (C=O) groups excluding carboxylic acids is 1. The fourth-order valence-corrected chi connectivity index (χ4v) is 2.52. The molecule has 0 radical (unpaired) electrons. The van der Waals surface area contributed by atoms with Gasteiger partial charge in [-0.1, -0.05) is 43.0 Å². The van der Waals surface area contributed by atoms with Gasteiger partial charge < -0.3 is 4.74 Å². The van der Waals surface area contributed by atoms with E-state index in [0.717, 1.165) is 28.0 Å². The first-order valence-electron chi connectivity index (χ1n) is 7.58. The fourth-order valence-electron chi connectivity index (χ4n) is 2.52. The van der Waals surface area contributed by atoms with Gasteiger partial charge in [0, 0.05) is 11.8 Å². The predicted octanol–water partition coefficient (Wildman–Crippen LogP) is 4.60. The standard InChI is InChI=1S/C21H17NO2/c1-15(16-8-4-3-5-9-16)17-12-18(20-10-6-7-11-22-20)14-19(13-17)21(23)24-2/h3-14H,1H2,2H3. The van der Waals surface area contributed by atoms with Gasteiger partial charge in [-0.15, -0.1) is 0 Å². The van der Waals surface area contributed by atoms with E-state index in [4.69, 9.17) is 4.74 Å². The Labute approximate surface area is 141 Å². The Morgan fingerprint density at radius 1 is 0.917 bits per heavy atom. The molecule has 0 unspecified atom stereocenters. The molecule has 0 N–H and O–H groups in total. The number of ether oxygens (including phenoxy) is 1. The van der Waals surface area contributed by atoms with E-state index in [2.05, 4.69) is 11.6 Å². The van der Waals surface area contributed by atoms with Crippen LogP contribution >= 0.6 is 0 Å². The molecule has 1 heterocycles. The van der Waals surface area contributed by atoms with E-state index in [1.54, 1.807) is 18.3 Å². The minimum Gasteiger partial charge on any atom is -0.465 e. The molecule has 0 aliphatic rings. The number of rotatable bonds is 4. The van der Waals surface area contributed by atoms with Crippen molar-refractivity contribution in [2.24, 2.45) is 0 Å². The first kappa shape index (κ1) is 15.7. The zero-order valence-electron chi connectivity index (χ0n) is 13.4. The van der Waals surface area contributed by atoms with Crippen LogP contribution in [0.4, 0.5) is 0 Å². The molecule has 3 nitrogen and oxygen atoms in total. The summed E-state index contributed by atoms with van der Waals surface area (Å²) in [7, 11) is 1.38. The SMILES string of the molecule is C=C(c1ccccc1)c1cc(C(=O)OC)cc(-c2ccccn2)c1. The van der Waals surface area contributed by atoms with Crippen molar-refractivity contribution in [1.29, 1.82) is 0 Å². The Morgan fingerprint density at radius 2 is 1.62 bits per heavy atom. The number of methoxy groups -OCH3 is 1. The fraction of sp³-hybridized carbons (Fsp3) is 0.0476. The van der Waals surface area contributed by atoms with E-state index in [-0.39, 0.29) is 5.97 Å². The summed E-state index contributed by atoms with van der Waals surface area (Å²) < 4.78 is 4.88. The number of hydrogen-bond donors (Lipinski definition) is 0. The van der Waals surface area contributed by atoms with Crippen LogP contribution in [0, 0.1) is 0 Å². The van der Waals surface area contributed by atoms with E-state index in [9.17, 15) is 4.79 Å². The lowest BCUT2D eigenvalue weighted by atomic mass is 9.95. The van der Waals surface area contributed by atoms with Crippen LogP contribution in [-0.2, 0) is 4.74 Å². The maximum Gasteiger partial charge on any atom is 0.337 e. The molecular formula is C21H17NO2. The van der Waals surface area contributed by atoms with Crippen molar-refractivity contribution in [2.75, 3.05) is 7.11 Å². The summed E-state index contributed by atoms with van der Waals surface area (Å²) in [6, 6.07) is 21.1. The van der Waals surface area contributed by atoms with Gasteiger partial charge in [0.05, 0.1) is 18.4 Å². The largest absolute Gasteiger partial charge is 0.465 e. The highest BCUT2D eigenvalue weighted by Gasteiger charge is 2.13. The molecule has 3 aromatic rings. The third kappa shape index (κ3) is 3.25. The smallest absolute Gasteiger partial charge is 0.337 e. The highest BCUT2D eigenvalue weighted by atomic mass is 16.5. The van der Waals surface area contributed by atoms with Crippen LogP contribution in [0.1, 0.15) is 21.5 Å². The zero-order chi connectivity index (χ0) is 16.9. The number of esters is 1. The molecule has 0 spiro atoms. The van der Waals surface area contributed by atoms with Crippen molar-refractivity contribution in [1.82, 2.24) is 4.98 Å². The number of carbonyl (C=O) groups is 1. The topological polar surface area (TPSA) is 39.2 Å². The van der Waals surface area contributed by atoms with Gasteiger partial charge >= 0.3 is 5.97 Å². The molecule has 0 bridgehead atoms. The van der Waals surface area contributed by atoms with Crippen molar-refractivity contribution >= 4 is 11.5 Å². The molecule has 3 heteroatoms. The average molecular weight is 315 g/mol.